The molecule has 1 aliphatic carbocycles. The van der Waals surface area contributed by atoms with Crippen LogP contribution in [0.5, 0.6) is 0 Å². The molecule has 0 aliphatic heterocycles. The molecule has 0 atom stereocenters. The molecule has 1 aromatic carbocycles. The number of primary sulfonamides is 1. The van der Waals surface area contributed by atoms with Gasteiger partial charge in [-0.1, -0.05) is 12.1 Å². The van der Waals surface area contributed by atoms with Crippen molar-refractivity contribution in [3.8, 4) is 0 Å². The summed E-state index contributed by atoms with van der Waals surface area (Å²) in [5.41, 5.74) is 0.494. The van der Waals surface area contributed by atoms with Gasteiger partial charge in [-0.3, -0.25) is 4.79 Å². The highest BCUT2D eigenvalue weighted by Gasteiger charge is 2.32. The van der Waals surface area contributed by atoms with E-state index < -0.39 is 16.0 Å². The van der Waals surface area contributed by atoms with E-state index in [0.29, 0.717) is 5.69 Å². The van der Waals surface area contributed by atoms with Crippen molar-refractivity contribution in [2.45, 2.75) is 30.2 Å². The van der Waals surface area contributed by atoms with Crippen molar-refractivity contribution in [3.05, 3.63) is 24.3 Å². The van der Waals surface area contributed by atoms with Crippen molar-refractivity contribution in [1.82, 2.24) is 0 Å². The minimum absolute atomic E-state index is 0.0323. The van der Waals surface area contributed by atoms with E-state index in [-0.39, 0.29) is 23.9 Å². The molecule has 1 aliphatic rings. The van der Waals surface area contributed by atoms with E-state index in [9.17, 15) is 13.2 Å². The van der Waals surface area contributed by atoms with Gasteiger partial charge in [0, 0.05) is 12.6 Å². The van der Waals surface area contributed by atoms with Gasteiger partial charge in [0.25, 0.3) is 0 Å². The lowest BCUT2D eigenvalue weighted by atomic mass is 10.2. The number of nitrogens with two attached hydrogens (primary N) is 1. The van der Waals surface area contributed by atoms with E-state index in [2.05, 4.69) is 0 Å². The largest absolute Gasteiger partial charge is 0.481 e. The van der Waals surface area contributed by atoms with E-state index in [4.69, 9.17) is 10.2 Å². The zero-order chi connectivity index (χ0) is 14.0. The van der Waals surface area contributed by atoms with Crippen LogP contribution in [0.2, 0.25) is 0 Å². The summed E-state index contributed by atoms with van der Waals surface area (Å²) in [6, 6.07) is 6.65. The fourth-order valence-corrected chi connectivity index (χ4v) is 2.78. The normalized spacial score (nSPS) is 15.2. The van der Waals surface area contributed by atoms with Crippen LogP contribution in [0.4, 0.5) is 5.69 Å². The predicted octanol–water partition coefficient (Wildman–Crippen LogP) is 0.778. The topological polar surface area (TPSA) is 101 Å². The van der Waals surface area contributed by atoms with Crippen molar-refractivity contribution >= 4 is 21.7 Å². The second-order valence-electron chi connectivity index (χ2n) is 4.58. The van der Waals surface area contributed by atoms with Crippen molar-refractivity contribution in [2.75, 3.05) is 11.4 Å². The Labute approximate surface area is 111 Å². The number of carbonyl (C=O) groups is 1. The third kappa shape index (κ3) is 3.45. The number of nitrogens with zero attached hydrogens (tertiary/aromatic N) is 1. The molecule has 7 heteroatoms. The van der Waals surface area contributed by atoms with Crippen LogP contribution in [-0.4, -0.2) is 32.1 Å². The average Bonchev–Trinajstić information content (AvgIpc) is 3.12. The fourth-order valence-electron chi connectivity index (χ4n) is 2.04. The molecule has 2 rings (SSSR count). The molecule has 19 heavy (non-hydrogen) atoms. The number of carboxylic acid groups (broad SMARTS) is 1. The molecule has 6 nitrogen and oxygen atoms in total. The summed E-state index contributed by atoms with van der Waals surface area (Å²) in [6.45, 7) is 0.284. The highest BCUT2D eigenvalue weighted by molar-refractivity contribution is 7.89. The number of hydrogen-bond acceptors (Lipinski definition) is 4. The first-order chi connectivity index (χ1) is 8.89. The Kier molecular flexibility index (Phi) is 3.77. The summed E-state index contributed by atoms with van der Waals surface area (Å²) in [5.74, 6) is -0.904. The summed E-state index contributed by atoms with van der Waals surface area (Å²) in [7, 11) is -3.81. The first-order valence-corrected chi connectivity index (χ1v) is 7.54. The Bertz CT molecular complexity index is 581. The van der Waals surface area contributed by atoms with Crippen LogP contribution in [0.25, 0.3) is 0 Å². The highest BCUT2D eigenvalue weighted by Crippen LogP contribution is 2.34. The van der Waals surface area contributed by atoms with Crippen LogP contribution in [0, 0.1) is 0 Å². The standard InChI is InChI=1S/C12H16N2O4S/c13-19(17,18)11-4-2-1-3-10(11)14(9-5-6-9)8-7-12(15)16/h1-4,9H,5-8H2,(H,15,16)(H2,13,17,18). The molecule has 0 radical (unpaired) electrons. The number of carboxylic acids is 1. The second kappa shape index (κ2) is 5.18. The number of hydrogen-bond donors (Lipinski definition) is 2. The molecule has 3 N–H and O–H groups in total. The monoisotopic (exact) mass is 284 g/mol. The summed E-state index contributed by atoms with van der Waals surface area (Å²) in [4.78, 5) is 12.6. The van der Waals surface area contributed by atoms with Crippen LogP contribution >= 0.6 is 0 Å². The smallest absolute Gasteiger partial charge is 0.305 e. The third-order valence-electron chi connectivity index (χ3n) is 3.04. The van der Waals surface area contributed by atoms with Gasteiger partial charge in [0.15, 0.2) is 0 Å². The predicted molar refractivity (Wildman–Crippen MR) is 70.4 cm³/mol. The van der Waals surface area contributed by atoms with Crippen LogP contribution in [0.15, 0.2) is 29.2 Å². The van der Waals surface area contributed by atoms with Crippen LogP contribution in [0.3, 0.4) is 0 Å². The maximum atomic E-state index is 11.6. The van der Waals surface area contributed by atoms with E-state index in [1.165, 1.54) is 6.07 Å². The van der Waals surface area contributed by atoms with E-state index >= 15 is 0 Å². The Balaban J connectivity index is 2.34. The van der Waals surface area contributed by atoms with Gasteiger partial charge in [0.1, 0.15) is 4.90 Å². The molecule has 0 amide bonds. The van der Waals surface area contributed by atoms with Crippen LogP contribution < -0.4 is 10.0 Å². The molecule has 104 valence electrons. The number of benzene rings is 1. The van der Waals surface area contributed by atoms with Gasteiger partial charge in [-0.2, -0.15) is 0 Å². The molecule has 0 heterocycles. The fraction of sp³-hybridized carbons (Fsp3) is 0.417. The minimum Gasteiger partial charge on any atom is -0.481 e. The third-order valence-corrected chi connectivity index (χ3v) is 3.99. The molecule has 1 fully saturated rings. The van der Waals surface area contributed by atoms with Crippen molar-refractivity contribution in [2.24, 2.45) is 5.14 Å². The summed E-state index contributed by atoms with van der Waals surface area (Å²) >= 11 is 0. The van der Waals surface area contributed by atoms with Crippen molar-refractivity contribution in [1.29, 1.82) is 0 Å². The number of rotatable bonds is 6. The highest BCUT2D eigenvalue weighted by atomic mass is 32.2. The Hall–Kier alpha value is -1.60. The molecule has 0 bridgehead atoms. The van der Waals surface area contributed by atoms with Gasteiger partial charge in [-0.15, -0.1) is 0 Å². The molecule has 1 saturated carbocycles. The van der Waals surface area contributed by atoms with Crippen LogP contribution in [0.1, 0.15) is 19.3 Å². The van der Waals surface area contributed by atoms with Gasteiger partial charge < -0.3 is 10.0 Å². The number of aliphatic carboxylic acids is 1. The quantitative estimate of drug-likeness (QED) is 0.804. The Morgan fingerprint density at radius 3 is 2.53 bits per heavy atom. The maximum absolute atomic E-state index is 11.6. The van der Waals surface area contributed by atoms with E-state index in [1.807, 2.05) is 4.90 Å². The van der Waals surface area contributed by atoms with Gasteiger partial charge in [0.2, 0.25) is 10.0 Å². The minimum atomic E-state index is -3.81. The van der Waals surface area contributed by atoms with Gasteiger partial charge >= 0.3 is 5.97 Å². The molecule has 0 spiro atoms. The lowest BCUT2D eigenvalue weighted by Crippen LogP contribution is -2.30. The second-order valence-corrected chi connectivity index (χ2v) is 6.11. The van der Waals surface area contributed by atoms with Gasteiger partial charge in [0.05, 0.1) is 12.1 Å². The lowest BCUT2D eigenvalue weighted by Gasteiger charge is -2.25. The molecular formula is C12H16N2O4S. The Morgan fingerprint density at radius 1 is 1.37 bits per heavy atom. The number of para-hydroxylation sites is 1. The maximum Gasteiger partial charge on any atom is 0.305 e. The van der Waals surface area contributed by atoms with Gasteiger partial charge in [-0.25, -0.2) is 13.6 Å². The Morgan fingerprint density at radius 2 is 2.00 bits per heavy atom. The molecule has 0 saturated heterocycles. The number of anilines is 1. The lowest BCUT2D eigenvalue weighted by molar-refractivity contribution is -0.136. The molecule has 0 aromatic heterocycles. The number of sulfonamides is 1. The first kappa shape index (κ1) is 13.8. The SMILES string of the molecule is NS(=O)(=O)c1ccccc1N(CCC(=O)O)C1CC1. The average molecular weight is 284 g/mol. The zero-order valence-electron chi connectivity index (χ0n) is 10.3. The molecular weight excluding hydrogens is 268 g/mol. The summed E-state index contributed by atoms with van der Waals surface area (Å²) in [6.07, 6.45) is 1.85. The molecule has 0 unspecified atom stereocenters. The summed E-state index contributed by atoms with van der Waals surface area (Å²) < 4.78 is 23.1. The van der Waals surface area contributed by atoms with Crippen molar-refractivity contribution in [3.63, 3.8) is 0 Å². The van der Waals surface area contributed by atoms with Crippen molar-refractivity contribution < 1.29 is 18.3 Å². The zero-order valence-corrected chi connectivity index (χ0v) is 11.1. The van der Waals surface area contributed by atoms with Gasteiger partial charge in [-0.05, 0) is 25.0 Å². The first-order valence-electron chi connectivity index (χ1n) is 6.00. The van der Waals surface area contributed by atoms with E-state index in [1.54, 1.807) is 18.2 Å². The van der Waals surface area contributed by atoms with Crippen LogP contribution in [-0.2, 0) is 14.8 Å². The molecule has 1 aromatic rings. The summed E-state index contributed by atoms with van der Waals surface area (Å²) in [5, 5.41) is 14.0. The van der Waals surface area contributed by atoms with E-state index in [0.717, 1.165) is 12.8 Å².